The smallest absolute Gasteiger partial charge is 0.281 e. The van der Waals surface area contributed by atoms with E-state index in [0.717, 1.165) is 12.6 Å². The van der Waals surface area contributed by atoms with E-state index in [0.29, 0.717) is 29.8 Å². The molecule has 2 aromatic carbocycles. The van der Waals surface area contributed by atoms with Crippen LogP contribution in [-0.2, 0) is 10.0 Å². The fourth-order valence-electron chi connectivity index (χ4n) is 3.56. The van der Waals surface area contributed by atoms with Gasteiger partial charge in [-0.15, -0.1) is 0 Å². The molecule has 35 heavy (non-hydrogen) atoms. The second kappa shape index (κ2) is 10.1. The fourth-order valence-corrected chi connectivity index (χ4v) is 4.31. The maximum absolute atomic E-state index is 14.1. The maximum atomic E-state index is 14.1. The van der Waals surface area contributed by atoms with Crippen molar-refractivity contribution in [2.75, 3.05) is 7.05 Å². The third kappa shape index (κ3) is 5.50. The van der Waals surface area contributed by atoms with Gasteiger partial charge in [0.15, 0.2) is 0 Å². The highest BCUT2D eigenvalue weighted by atomic mass is 32.2. The van der Waals surface area contributed by atoms with E-state index in [1.165, 1.54) is 37.3 Å². The number of aliphatic imine (C=N–C) groups is 2. The highest BCUT2D eigenvalue weighted by molar-refractivity contribution is 7.90. The second-order valence-electron chi connectivity index (χ2n) is 7.79. The number of benzene rings is 2. The van der Waals surface area contributed by atoms with Gasteiger partial charge in [-0.1, -0.05) is 30.3 Å². The van der Waals surface area contributed by atoms with Crippen LogP contribution in [0.2, 0.25) is 0 Å². The third-order valence-electron chi connectivity index (χ3n) is 5.61. The summed E-state index contributed by atoms with van der Waals surface area (Å²) in [5, 5.41) is 0. The van der Waals surface area contributed by atoms with Gasteiger partial charge in [-0.3, -0.25) is 14.3 Å². The normalized spacial score (nSPS) is 17.3. The zero-order chi connectivity index (χ0) is 26.0. The molecular weight excluding hydrogens is 489 g/mol. The van der Waals surface area contributed by atoms with Crippen LogP contribution >= 0.6 is 0 Å². The molecule has 3 rings (SSSR count). The predicted molar refractivity (Wildman–Crippen MR) is 125 cm³/mol. The van der Waals surface area contributed by atoms with Gasteiger partial charge in [-0.05, 0) is 56.3 Å². The molecule has 0 N–H and O–H groups in total. The van der Waals surface area contributed by atoms with Gasteiger partial charge in [0.25, 0.3) is 0 Å². The van der Waals surface area contributed by atoms with E-state index < -0.39 is 27.2 Å². The van der Waals surface area contributed by atoms with E-state index in [2.05, 4.69) is 16.7 Å². The van der Waals surface area contributed by atoms with Crippen molar-refractivity contribution in [3.63, 3.8) is 0 Å². The Labute approximate surface area is 200 Å². The second-order valence-corrected chi connectivity index (χ2v) is 9.75. The quantitative estimate of drug-likeness (QED) is 0.260. The average Bonchev–Trinajstić information content (AvgIpc) is 3.28. The summed E-state index contributed by atoms with van der Waals surface area (Å²) in [6.07, 6.45) is 3.54. The molecule has 0 aliphatic carbocycles. The molecule has 1 unspecified atom stereocenters. The molecule has 0 radical (unpaired) electrons. The van der Waals surface area contributed by atoms with Crippen molar-refractivity contribution in [1.29, 1.82) is 0 Å². The Bertz CT molecular complexity index is 1290. The van der Waals surface area contributed by atoms with Crippen molar-refractivity contribution in [2.24, 2.45) is 9.98 Å². The lowest BCUT2D eigenvalue weighted by Gasteiger charge is -2.21. The summed E-state index contributed by atoms with van der Waals surface area (Å²) in [6.45, 7) is 4.68. The van der Waals surface area contributed by atoms with Crippen LogP contribution in [0.4, 0.5) is 22.0 Å². The van der Waals surface area contributed by atoms with Gasteiger partial charge in [-0.2, -0.15) is 21.6 Å². The van der Waals surface area contributed by atoms with Crippen LogP contribution in [-0.4, -0.2) is 37.7 Å². The minimum absolute atomic E-state index is 0.118. The molecule has 186 valence electrons. The van der Waals surface area contributed by atoms with Crippen molar-refractivity contribution in [1.82, 2.24) is 4.31 Å². The highest BCUT2D eigenvalue weighted by Gasteiger charge is 2.49. The zero-order valence-electron chi connectivity index (χ0n) is 18.9. The number of hydrogen-bond acceptors (Lipinski definition) is 4. The number of nitrogens with zero attached hydrogens (tertiary/aromatic N) is 3. The molecule has 5 nitrogen and oxygen atoms in total. The van der Waals surface area contributed by atoms with E-state index in [4.69, 9.17) is 0 Å². The van der Waals surface area contributed by atoms with Crippen LogP contribution in [0.3, 0.4) is 0 Å². The molecule has 0 saturated heterocycles. The molecule has 1 aliphatic heterocycles. The van der Waals surface area contributed by atoms with Crippen molar-refractivity contribution in [3.8, 4) is 0 Å². The summed E-state index contributed by atoms with van der Waals surface area (Å²) in [5.74, 6) is -1.33. The molecule has 0 saturated carbocycles. The monoisotopic (exact) mass is 511 g/mol. The summed E-state index contributed by atoms with van der Waals surface area (Å²) >= 11 is 0. The molecule has 1 heterocycles. The molecular formula is C24H22F5N3O2S. The largest absolute Gasteiger partial charge is 0.516 e. The van der Waals surface area contributed by atoms with Gasteiger partial charge in [-0.25, -0.2) is 8.78 Å². The number of rotatable bonds is 7. The van der Waals surface area contributed by atoms with Crippen LogP contribution in [0, 0.1) is 11.6 Å². The molecule has 1 atom stereocenters. The lowest BCUT2D eigenvalue weighted by molar-refractivity contribution is -0.0475. The minimum Gasteiger partial charge on any atom is -0.281 e. The van der Waals surface area contributed by atoms with E-state index in [9.17, 15) is 30.4 Å². The zero-order valence-corrected chi connectivity index (χ0v) is 19.7. The molecule has 0 spiro atoms. The van der Waals surface area contributed by atoms with E-state index in [1.807, 2.05) is 0 Å². The Morgan fingerprint density at radius 3 is 2.26 bits per heavy atom. The highest BCUT2D eigenvalue weighted by Crippen LogP contribution is 2.33. The lowest BCUT2D eigenvalue weighted by Crippen LogP contribution is -2.36. The van der Waals surface area contributed by atoms with Crippen molar-refractivity contribution in [3.05, 3.63) is 88.6 Å². The number of halogens is 5. The third-order valence-corrected chi connectivity index (χ3v) is 7.21. The number of hydrogen-bond donors (Lipinski definition) is 0. The van der Waals surface area contributed by atoms with Gasteiger partial charge in [0, 0.05) is 24.0 Å². The lowest BCUT2D eigenvalue weighted by atomic mass is 10.0. The van der Waals surface area contributed by atoms with Crippen molar-refractivity contribution in [2.45, 2.75) is 31.3 Å². The first-order valence-electron chi connectivity index (χ1n) is 10.4. The Morgan fingerprint density at radius 2 is 1.71 bits per heavy atom. The minimum atomic E-state index is -5.51. The molecule has 0 amide bonds. The first kappa shape index (κ1) is 26.3. The van der Waals surface area contributed by atoms with Crippen LogP contribution in [0.25, 0.3) is 5.70 Å². The molecule has 11 heteroatoms. The Hall–Kier alpha value is -3.34. The number of sulfonamides is 1. The topological polar surface area (TPSA) is 62.1 Å². The predicted octanol–water partition coefficient (Wildman–Crippen LogP) is 6.02. The molecule has 0 bridgehead atoms. The Morgan fingerprint density at radius 1 is 1.11 bits per heavy atom. The first-order chi connectivity index (χ1) is 16.4. The Balaban J connectivity index is 1.81. The van der Waals surface area contributed by atoms with Crippen molar-refractivity contribution >= 4 is 28.1 Å². The van der Waals surface area contributed by atoms with Gasteiger partial charge in [0.2, 0.25) is 0 Å². The standard InChI is InChI=1S/C24H22F5N3O2S/c1-15(32(3)35(33,34)24(27,28)29)7-12-20(30-2)16-8-10-17(11-9-16)21-13-14-22(31-21)23-18(25)5-4-6-19(23)26/h4-12,21H,2,13-14H2,1,3H3/b15-7+,20-12-. The van der Waals surface area contributed by atoms with Crippen LogP contribution in [0.1, 0.15) is 42.5 Å². The molecule has 0 fully saturated rings. The Kier molecular flexibility index (Phi) is 7.59. The molecule has 2 aromatic rings. The van der Waals surface area contributed by atoms with Gasteiger partial charge >= 0.3 is 15.5 Å². The summed E-state index contributed by atoms with van der Waals surface area (Å²) < 4.78 is 89.6. The number of allylic oxidation sites excluding steroid dienone is 3. The SMILES string of the molecule is C=N/C(=C\C=C(/C)N(C)S(=O)(=O)C(F)(F)F)c1ccc(C2CCC(c3c(F)cccc3F)=N2)cc1. The summed E-state index contributed by atoms with van der Waals surface area (Å²) in [6, 6.07) is 10.3. The molecule has 0 aromatic heterocycles. The van der Waals surface area contributed by atoms with Gasteiger partial charge < -0.3 is 0 Å². The van der Waals surface area contributed by atoms with Crippen LogP contribution < -0.4 is 0 Å². The molecule has 1 aliphatic rings. The van der Waals surface area contributed by atoms with Crippen molar-refractivity contribution < 1.29 is 30.4 Å². The van der Waals surface area contributed by atoms with E-state index >= 15 is 0 Å². The van der Waals surface area contributed by atoms with Crippen LogP contribution in [0.5, 0.6) is 0 Å². The van der Waals surface area contributed by atoms with Gasteiger partial charge in [0.1, 0.15) is 11.6 Å². The maximum Gasteiger partial charge on any atom is 0.516 e. The fraction of sp³-hybridized carbons (Fsp3) is 0.250. The van der Waals surface area contributed by atoms with Crippen LogP contribution in [0.15, 0.2) is 70.3 Å². The van der Waals surface area contributed by atoms with E-state index in [1.54, 1.807) is 24.3 Å². The summed E-state index contributed by atoms with van der Waals surface area (Å²) in [5.41, 5.74) is -3.65. The number of alkyl halides is 3. The summed E-state index contributed by atoms with van der Waals surface area (Å²) in [7, 11) is -4.70. The summed E-state index contributed by atoms with van der Waals surface area (Å²) in [4.78, 5) is 8.35. The van der Waals surface area contributed by atoms with Gasteiger partial charge in [0.05, 0.1) is 17.3 Å². The average molecular weight is 512 g/mol. The van der Waals surface area contributed by atoms with E-state index in [-0.39, 0.29) is 21.6 Å². The first-order valence-corrected chi connectivity index (χ1v) is 11.8.